The number of fused-ring (bicyclic) bond motifs is 1. The van der Waals surface area contributed by atoms with Crippen molar-refractivity contribution in [1.29, 1.82) is 0 Å². The molecule has 14 heteroatoms. The fraction of sp³-hybridized carbons (Fsp3) is 0.219. The van der Waals surface area contributed by atoms with Crippen molar-refractivity contribution in [1.82, 2.24) is 9.47 Å². The van der Waals surface area contributed by atoms with Crippen LogP contribution < -0.4 is 15.6 Å². The number of nitrogens with zero attached hydrogens (tertiary/aromatic N) is 3. The molecule has 4 aromatic rings. The highest BCUT2D eigenvalue weighted by Gasteiger charge is 2.25. The maximum atomic E-state index is 15.4. The van der Waals surface area contributed by atoms with Crippen LogP contribution in [0.3, 0.4) is 0 Å². The number of pyridine rings is 1. The van der Waals surface area contributed by atoms with E-state index >= 15 is 4.39 Å². The largest absolute Gasteiger partial charge is 0.507 e. The first-order chi connectivity index (χ1) is 22.0. The average Bonchev–Trinajstić information content (AvgIpc) is 3.04. The summed E-state index contributed by atoms with van der Waals surface area (Å²) in [5.41, 5.74) is -0.540. The summed E-state index contributed by atoms with van der Waals surface area (Å²) in [6, 6.07) is 11.5. The van der Waals surface area contributed by atoms with E-state index in [0.29, 0.717) is 5.69 Å². The summed E-state index contributed by atoms with van der Waals surface area (Å²) < 4.78 is 35.0. The van der Waals surface area contributed by atoms with E-state index in [9.17, 15) is 38.6 Å². The van der Waals surface area contributed by atoms with Crippen molar-refractivity contribution in [2.75, 3.05) is 43.5 Å². The Kier molecular flexibility index (Phi) is 8.98. The summed E-state index contributed by atoms with van der Waals surface area (Å²) >= 11 is 0. The molecule has 0 bridgehead atoms. The fourth-order valence-corrected chi connectivity index (χ4v) is 5.24. The molecule has 1 fully saturated rings. The van der Waals surface area contributed by atoms with Gasteiger partial charge in [-0.2, -0.15) is 0 Å². The molecular formula is C32H28F2N4O8. The summed E-state index contributed by atoms with van der Waals surface area (Å²) in [6.45, 7) is 0.924. The van der Waals surface area contributed by atoms with Gasteiger partial charge in [0.25, 0.3) is 0 Å². The van der Waals surface area contributed by atoms with Crippen molar-refractivity contribution >= 4 is 46.0 Å². The molecule has 3 N–H and O–H groups in total. The summed E-state index contributed by atoms with van der Waals surface area (Å²) in [4.78, 5) is 64.8. The number of carboxylic acids is 1. The van der Waals surface area contributed by atoms with Crippen molar-refractivity contribution in [2.45, 2.75) is 12.8 Å². The molecule has 3 aromatic carbocycles. The minimum Gasteiger partial charge on any atom is -0.507 e. The summed E-state index contributed by atoms with van der Waals surface area (Å²) in [7, 11) is 1.17. The number of ether oxygens (including phenoxy) is 1. The maximum Gasteiger partial charge on any atom is 0.341 e. The highest BCUT2D eigenvalue weighted by molar-refractivity contribution is 5.96. The molecule has 0 atom stereocenters. The molecule has 238 valence electrons. The van der Waals surface area contributed by atoms with Crippen LogP contribution in [0, 0.1) is 11.6 Å². The van der Waals surface area contributed by atoms with Gasteiger partial charge in [0.15, 0.2) is 0 Å². The number of phenolic OH excluding ortho intramolecular Hbond substituents is 1. The SMILES string of the molecule is COC(=O)c1ccc(NC(=O)CCC(=O)N2CCN(c3cc4c(cc3F)c(=O)c(C(=O)O)cn4-c3ccc(F)cc3)CC2)cc1O. The molecule has 1 saturated heterocycles. The van der Waals surface area contributed by atoms with Crippen LogP contribution in [0.4, 0.5) is 20.2 Å². The summed E-state index contributed by atoms with van der Waals surface area (Å²) in [5.74, 6) is -4.62. The van der Waals surface area contributed by atoms with Gasteiger partial charge in [-0.25, -0.2) is 18.4 Å². The summed E-state index contributed by atoms with van der Waals surface area (Å²) in [5, 5.41) is 22.0. The lowest BCUT2D eigenvalue weighted by Crippen LogP contribution is -2.49. The second-order valence-electron chi connectivity index (χ2n) is 10.5. The van der Waals surface area contributed by atoms with Gasteiger partial charge in [0.05, 0.1) is 18.3 Å². The Morgan fingerprint density at radius 2 is 1.61 bits per heavy atom. The number of methoxy groups -OCH3 is 1. The van der Waals surface area contributed by atoms with Crippen LogP contribution in [0.1, 0.15) is 33.6 Å². The van der Waals surface area contributed by atoms with E-state index in [1.165, 1.54) is 60.2 Å². The van der Waals surface area contributed by atoms with Gasteiger partial charge in [-0.05, 0) is 48.5 Å². The second kappa shape index (κ2) is 13.1. The number of hydrogen-bond acceptors (Lipinski definition) is 8. The number of rotatable bonds is 8. The smallest absolute Gasteiger partial charge is 0.341 e. The Hall–Kier alpha value is -5.79. The Bertz CT molecular complexity index is 1920. The average molecular weight is 635 g/mol. The molecule has 0 radical (unpaired) electrons. The molecule has 0 aliphatic carbocycles. The highest BCUT2D eigenvalue weighted by atomic mass is 19.1. The first-order valence-corrected chi connectivity index (χ1v) is 14.1. The van der Waals surface area contributed by atoms with Crippen molar-refractivity contribution in [3.8, 4) is 11.4 Å². The van der Waals surface area contributed by atoms with Crippen LogP contribution in [-0.2, 0) is 14.3 Å². The number of esters is 1. The quantitative estimate of drug-likeness (QED) is 0.247. The zero-order valence-electron chi connectivity index (χ0n) is 24.5. The third-order valence-corrected chi connectivity index (χ3v) is 7.63. The molecule has 1 aliphatic rings. The minimum absolute atomic E-state index is 0.0621. The van der Waals surface area contributed by atoms with Gasteiger partial charge in [0.2, 0.25) is 17.2 Å². The van der Waals surface area contributed by atoms with Crippen LogP contribution >= 0.6 is 0 Å². The number of carbonyl (C=O) groups excluding carboxylic acids is 3. The third kappa shape index (κ3) is 6.50. The predicted octanol–water partition coefficient (Wildman–Crippen LogP) is 3.53. The lowest BCUT2D eigenvalue weighted by Gasteiger charge is -2.36. The Labute approximate surface area is 260 Å². The topological polar surface area (TPSA) is 158 Å². The molecule has 5 rings (SSSR count). The standard InChI is InChI=1S/C32H28F2N4O8/c1-46-32(45)21-7-4-19(14-27(21)39)35-28(40)8-9-29(41)37-12-10-36(11-13-37)26-16-25-22(15-24(26)34)30(42)23(31(43)44)17-38(25)20-5-2-18(33)3-6-20/h2-7,14-17,39H,8-13H2,1H3,(H,35,40)(H,43,44). The van der Waals surface area contributed by atoms with Gasteiger partial charge in [0, 0.05) is 68.0 Å². The number of piperazine rings is 1. The number of amides is 2. The van der Waals surface area contributed by atoms with E-state index in [2.05, 4.69) is 10.1 Å². The maximum absolute atomic E-state index is 15.4. The van der Waals surface area contributed by atoms with Gasteiger partial charge in [-0.1, -0.05) is 0 Å². The normalized spacial score (nSPS) is 13.0. The monoisotopic (exact) mass is 634 g/mol. The molecule has 1 aromatic heterocycles. The minimum atomic E-state index is -1.49. The van der Waals surface area contributed by atoms with Crippen molar-refractivity contribution in [3.05, 3.63) is 93.8 Å². The van der Waals surface area contributed by atoms with Gasteiger partial charge in [-0.15, -0.1) is 0 Å². The molecule has 2 amide bonds. The molecule has 0 spiro atoms. The summed E-state index contributed by atoms with van der Waals surface area (Å²) in [6.07, 6.45) is 0.879. The van der Waals surface area contributed by atoms with Crippen molar-refractivity contribution < 1.29 is 42.9 Å². The lowest BCUT2D eigenvalue weighted by atomic mass is 10.1. The molecular weight excluding hydrogens is 606 g/mol. The number of benzene rings is 3. The van der Waals surface area contributed by atoms with Crippen LogP contribution in [0.15, 0.2) is 65.6 Å². The zero-order chi connectivity index (χ0) is 33.1. The number of carbonyl (C=O) groups is 4. The Morgan fingerprint density at radius 3 is 2.24 bits per heavy atom. The number of phenols is 1. The van der Waals surface area contributed by atoms with Gasteiger partial charge < -0.3 is 34.6 Å². The predicted molar refractivity (Wildman–Crippen MR) is 163 cm³/mol. The molecule has 12 nitrogen and oxygen atoms in total. The van der Waals surface area contributed by atoms with E-state index < -0.39 is 40.5 Å². The van der Waals surface area contributed by atoms with E-state index in [1.807, 2.05) is 0 Å². The van der Waals surface area contributed by atoms with E-state index in [1.54, 1.807) is 9.80 Å². The van der Waals surface area contributed by atoms with Crippen LogP contribution in [0.25, 0.3) is 16.6 Å². The fourth-order valence-electron chi connectivity index (χ4n) is 5.24. The second-order valence-corrected chi connectivity index (χ2v) is 10.5. The van der Waals surface area contributed by atoms with Crippen LogP contribution in [-0.4, -0.2) is 76.7 Å². The van der Waals surface area contributed by atoms with Crippen LogP contribution in [0.2, 0.25) is 0 Å². The number of aromatic nitrogens is 1. The Balaban J connectivity index is 1.26. The number of aromatic carboxylic acids is 1. The molecule has 2 heterocycles. The van der Waals surface area contributed by atoms with Crippen molar-refractivity contribution in [3.63, 3.8) is 0 Å². The van der Waals surface area contributed by atoms with E-state index in [0.717, 1.165) is 12.3 Å². The highest BCUT2D eigenvalue weighted by Crippen LogP contribution is 2.28. The van der Waals surface area contributed by atoms with Gasteiger partial charge in [0.1, 0.15) is 28.5 Å². The molecule has 0 unspecified atom stereocenters. The molecule has 1 aliphatic heterocycles. The molecule has 46 heavy (non-hydrogen) atoms. The number of aromatic hydroxyl groups is 1. The third-order valence-electron chi connectivity index (χ3n) is 7.63. The number of hydrogen-bond donors (Lipinski definition) is 3. The first-order valence-electron chi connectivity index (χ1n) is 14.1. The molecule has 0 saturated carbocycles. The number of halogens is 2. The number of carboxylic acid groups (broad SMARTS) is 1. The number of anilines is 2. The van der Waals surface area contributed by atoms with Gasteiger partial charge in [-0.3, -0.25) is 14.4 Å². The first kappa shape index (κ1) is 31.6. The van der Waals surface area contributed by atoms with E-state index in [-0.39, 0.29) is 78.5 Å². The van der Waals surface area contributed by atoms with Crippen LogP contribution in [0.5, 0.6) is 5.75 Å². The lowest BCUT2D eigenvalue weighted by molar-refractivity contribution is -0.133. The van der Waals surface area contributed by atoms with Crippen molar-refractivity contribution in [2.24, 2.45) is 0 Å². The van der Waals surface area contributed by atoms with Gasteiger partial charge >= 0.3 is 11.9 Å². The Morgan fingerprint density at radius 1 is 0.913 bits per heavy atom. The zero-order valence-corrected chi connectivity index (χ0v) is 24.5. The van der Waals surface area contributed by atoms with E-state index in [4.69, 9.17) is 0 Å². The number of nitrogens with one attached hydrogen (secondary N) is 1.